The lowest BCUT2D eigenvalue weighted by Crippen LogP contribution is -2.44. The Morgan fingerprint density at radius 3 is 2.39 bits per heavy atom. The molecule has 1 atom stereocenters. The standard InChI is InChI=1S/C19H16ClF2NO5/c1-27-19(26)16(7-11-5-3-2-4-6-11)23-17(24)10-28-18(25)12-8-14(21)15(22)9-13(12)20/h2-6,8-9,16H,7,10H2,1H3,(H,23,24). The predicted octanol–water partition coefficient (Wildman–Crippen LogP) is 2.68. The summed E-state index contributed by atoms with van der Waals surface area (Å²) in [4.78, 5) is 35.9. The molecule has 0 saturated heterocycles. The fraction of sp³-hybridized carbons (Fsp3) is 0.211. The Morgan fingerprint density at radius 2 is 1.75 bits per heavy atom. The number of amides is 1. The van der Waals surface area contributed by atoms with Crippen LogP contribution >= 0.6 is 11.6 Å². The molecular weight excluding hydrogens is 396 g/mol. The molecule has 2 rings (SSSR count). The van der Waals surface area contributed by atoms with E-state index in [9.17, 15) is 23.2 Å². The minimum atomic E-state index is -1.28. The molecule has 0 aliphatic carbocycles. The van der Waals surface area contributed by atoms with E-state index in [1.807, 2.05) is 0 Å². The van der Waals surface area contributed by atoms with Gasteiger partial charge in [0.15, 0.2) is 18.2 Å². The third-order valence-corrected chi connectivity index (χ3v) is 3.98. The van der Waals surface area contributed by atoms with E-state index in [-0.39, 0.29) is 11.4 Å². The minimum Gasteiger partial charge on any atom is -0.467 e. The van der Waals surface area contributed by atoms with Gasteiger partial charge >= 0.3 is 11.9 Å². The number of carbonyl (C=O) groups is 3. The predicted molar refractivity (Wildman–Crippen MR) is 95.7 cm³/mol. The number of halogens is 3. The summed E-state index contributed by atoms with van der Waals surface area (Å²) in [6.07, 6.45) is 0.169. The maximum absolute atomic E-state index is 13.3. The number of carbonyl (C=O) groups excluding carboxylic acids is 3. The Kier molecular flexibility index (Phi) is 7.45. The molecule has 2 aromatic carbocycles. The molecule has 0 bridgehead atoms. The van der Waals surface area contributed by atoms with Gasteiger partial charge in [-0.25, -0.2) is 18.4 Å². The molecule has 1 unspecified atom stereocenters. The number of hydrogen-bond donors (Lipinski definition) is 1. The average Bonchev–Trinajstić information content (AvgIpc) is 2.68. The molecule has 0 spiro atoms. The van der Waals surface area contributed by atoms with Crippen molar-refractivity contribution < 1.29 is 32.6 Å². The second-order valence-electron chi connectivity index (χ2n) is 5.66. The Hall–Kier alpha value is -3.00. The summed E-state index contributed by atoms with van der Waals surface area (Å²) in [7, 11) is 1.18. The van der Waals surface area contributed by atoms with E-state index in [1.165, 1.54) is 7.11 Å². The highest BCUT2D eigenvalue weighted by atomic mass is 35.5. The summed E-state index contributed by atoms with van der Waals surface area (Å²) in [6.45, 7) is -0.754. The highest BCUT2D eigenvalue weighted by Gasteiger charge is 2.23. The highest BCUT2D eigenvalue weighted by Crippen LogP contribution is 2.20. The number of hydrogen-bond acceptors (Lipinski definition) is 5. The SMILES string of the molecule is COC(=O)C(Cc1ccccc1)NC(=O)COC(=O)c1cc(F)c(F)cc1Cl. The molecule has 148 valence electrons. The van der Waals surface area contributed by atoms with Gasteiger partial charge in [0, 0.05) is 6.42 Å². The van der Waals surface area contributed by atoms with Gasteiger partial charge in [-0.3, -0.25) is 4.79 Å². The first-order valence-electron chi connectivity index (χ1n) is 8.04. The van der Waals surface area contributed by atoms with E-state index in [0.29, 0.717) is 12.1 Å². The summed E-state index contributed by atoms with van der Waals surface area (Å²) < 4.78 is 35.7. The van der Waals surface area contributed by atoms with Crippen LogP contribution in [0.15, 0.2) is 42.5 Å². The van der Waals surface area contributed by atoms with Crippen molar-refractivity contribution in [3.8, 4) is 0 Å². The largest absolute Gasteiger partial charge is 0.467 e. The zero-order valence-corrected chi connectivity index (χ0v) is 15.5. The molecule has 2 aromatic rings. The van der Waals surface area contributed by atoms with Crippen molar-refractivity contribution in [1.29, 1.82) is 0 Å². The fourth-order valence-corrected chi connectivity index (χ4v) is 2.54. The van der Waals surface area contributed by atoms with E-state index in [1.54, 1.807) is 30.3 Å². The molecule has 0 aliphatic rings. The van der Waals surface area contributed by atoms with Crippen molar-refractivity contribution >= 4 is 29.4 Å². The van der Waals surface area contributed by atoms with Gasteiger partial charge in [0.05, 0.1) is 17.7 Å². The van der Waals surface area contributed by atoms with Gasteiger partial charge < -0.3 is 14.8 Å². The molecule has 9 heteroatoms. The van der Waals surface area contributed by atoms with Gasteiger partial charge in [0.25, 0.3) is 5.91 Å². The summed E-state index contributed by atoms with van der Waals surface area (Å²) in [5.41, 5.74) is 0.353. The average molecular weight is 412 g/mol. The minimum absolute atomic E-state index is 0.169. The van der Waals surface area contributed by atoms with Gasteiger partial charge in [-0.15, -0.1) is 0 Å². The van der Waals surface area contributed by atoms with Gasteiger partial charge in [-0.2, -0.15) is 0 Å². The van der Waals surface area contributed by atoms with Crippen molar-refractivity contribution in [2.24, 2.45) is 0 Å². The lowest BCUT2D eigenvalue weighted by molar-refractivity contribution is -0.145. The van der Waals surface area contributed by atoms with Crippen molar-refractivity contribution in [2.75, 3.05) is 13.7 Å². The molecule has 0 saturated carbocycles. The first-order valence-corrected chi connectivity index (χ1v) is 8.42. The molecule has 1 N–H and O–H groups in total. The topological polar surface area (TPSA) is 81.7 Å². The molecule has 1 amide bonds. The van der Waals surface area contributed by atoms with Crippen LogP contribution in [-0.2, 0) is 25.5 Å². The van der Waals surface area contributed by atoms with Crippen LogP contribution in [0.2, 0.25) is 5.02 Å². The van der Waals surface area contributed by atoms with E-state index < -0.39 is 47.7 Å². The molecule has 0 fully saturated rings. The summed E-state index contributed by atoms with van der Waals surface area (Å²) in [6, 6.07) is 9.10. The van der Waals surface area contributed by atoms with Crippen molar-refractivity contribution in [3.05, 3.63) is 70.2 Å². The lowest BCUT2D eigenvalue weighted by atomic mass is 10.1. The van der Waals surface area contributed by atoms with Gasteiger partial charge in [-0.1, -0.05) is 41.9 Å². The molecule has 0 heterocycles. The van der Waals surface area contributed by atoms with Crippen molar-refractivity contribution in [1.82, 2.24) is 5.32 Å². The van der Waals surface area contributed by atoms with Gasteiger partial charge in [0.2, 0.25) is 0 Å². The van der Waals surface area contributed by atoms with Gasteiger partial charge in [-0.05, 0) is 17.7 Å². The van der Waals surface area contributed by atoms with Crippen LogP contribution in [-0.4, -0.2) is 37.6 Å². The second kappa shape index (κ2) is 9.80. The van der Waals surface area contributed by atoms with Crippen LogP contribution in [0.1, 0.15) is 15.9 Å². The number of ether oxygens (including phenoxy) is 2. The maximum atomic E-state index is 13.3. The monoisotopic (exact) mass is 411 g/mol. The number of rotatable bonds is 7. The summed E-state index contributed by atoms with van der Waals surface area (Å²) >= 11 is 5.68. The van der Waals surface area contributed by atoms with E-state index >= 15 is 0 Å². The number of nitrogens with one attached hydrogen (secondary N) is 1. The fourth-order valence-electron chi connectivity index (χ4n) is 2.31. The van der Waals surface area contributed by atoms with Crippen molar-refractivity contribution in [3.63, 3.8) is 0 Å². The first kappa shape index (κ1) is 21.3. The number of methoxy groups -OCH3 is 1. The highest BCUT2D eigenvalue weighted by molar-refractivity contribution is 6.33. The van der Waals surface area contributed by atoms with Crippen LogP contribution in [0, 0.1) is 11.6 Å². The Bertz CT molecular complexity index is 876. The molecule has 0 aliphatic heterocycles. The normalized spacial score (nSPS) is 11.4. The Morgan fingerprint density at radius 1 is 1.11 bits per heavy atom. The van der Waals surface area contributed by atoms with E-state index in [4.69, 9.17) is 16.3 Å². The van der Waals surface area contributed by atoms with Crippen molar-refractivity contribution in [2.45, 2.75) is 12.5 Å². The van der Waals surface area contributed by atoms with E-state index in [2.05, 4.69) is 10.1 Å². The quantitative estimate of drug-likeness (QED) is 0.559. The molecule has 6 nitrogen and oxygen atoms in total. The summed E-state index contributed by atoms with van der Waals surface area (Å²) in [5.74, 6) is -5.07. The maximum Gasteiger partial charge on any atom is 0.340 e. The van der Waals surface area contributed by atoms with Crippen LogP contribution in [0.5, 0.6) is 0 Å². The molecule has 0 aromatic heterocycles. The Labute approximate surface area is 164 Å². The molecule has 0 radical (unpaired) electrons. The third kappa shape index (κ3) is 5.75. The zero-order chi connectivity index (χ0) is 20.7. The third-order valence-electron chi connectivity index (χ3n) is 3.67. The van der Waals surface area contributed by atoms with Gasteiger partial charge in [0.1, 0.15) is 6.04 Å². The van der Waals surface area contributed by atoms with Crippen LogP contribution in [0.3, 0.4) is 0 Å². The van der Waals surface area contributed by atoms with E-state index in [0.717, 1.165) is 5.56 Å². The van der Waals surface area contributed by atoms with Crippen LogP contribution in [0.25, 0.3) is 0 Å². The zero-order valence-electron chi connectivity index (χ0n) is 14.7. The lowest BCUT2D eigenvalue weighted by Gasteiger charge is -2.16. The number of esters is 2. The van der Waals surface area contributed by atoms with Crippen LogP contribution in [0.4, 0.5) is 8.78 Å². The number of benzene rings is 2. The van der Waals surface area contributed by atoms with Crippen LogP contribution < -0.4 is 5.32 Å². The molecular formula is C19H16ClF2NO5. The second-order valence-corrected chi connectivity index (χ2v) is 6.06. The first-order chi connectivity index (χ1) is 13.3. The smallest absolute Gasteiger partial charge is 0.340 e. The molecule has 28 heavy (non-hydrogen) atoms. The Balaban J connectivity index is 1.98. The summed E-state index contributed by atoms with van der Waals surface area (Å²) in [5, 5.41) is 2.04.